The minimum atomic E-state index is -1.76. The van der Waals surface area contributed by atoms with Crippen molar-refractivity contribution in [1.29, 1.82) is 0 Å². The van der Waals surface area contributed by atoms with Gasteiger partial charge in [0.2, 0.25) is 3.79 Å². The minimum Gasteiger partial charge on any atom is -0.444 e. The third kappa shape index (κ3) is 4.90. The largest absolute Gasteiger partial charge is 0.444 e. The third-order valence-electron chi connectivity index (χ3n) is 4.24. The number of halogens is 3. The summed E-state index contributed by atoms with van der Waals surface area (Å²) in [7, 11) is 0. The van der Waals surface area contributed by atoms with Crippen LogP contribution in [0.25, 0.3) is 0 Å². The van der Waals surface area contributed by atoms with Crippen LogP contribution in [-0.2, 0) is 9.47 Å². The molecule has 9 heteroatoms. The van der Waals surface area contributed by atoms with Crippen LogP contribution < -0.4 is 0 Å². The fourth-order valence-corrected chi connectivity index (χ4v) is 2.94. The maximum absolute atomic E-state index is 12.7. The number of hydrogen-bond acceptors (Lipinski definition) is 4. The minimum absolute atomic E-state index is 0.218. The van der Waals surface area contributed by atoms with E-state index in [9.17, 15) is 9.59 Å². The molecule has 2 bridgehead atoms. The van der Waals surface area contributed by atoms with E-state index in [0.717, 1.165) is 0 Å². The Labute approximate surface area is 169 Å². The molecule has 26 heavy (non-hydrogen) atoms. The molecule has 0 radical (unpaired) electrons. The van der Waals surface area contributed by atoms with Crippen LogP contribution in [0.4, 0.5) is 9.59 Å². The zero-order valence-electron chi connectivity index (χ0n) is 15.6. The molecule has 2 atom stereocenters. The number of fused-ring (bicyclic) bond motifs is 2. The van der Waals surface area contributed by atoms with E-state index in [0.29, 0.717) is 19.5 Å². The van der Waals surface area contributed by atoms with E-state index >= 15 is 0 Å². The van der Waals surface area contributed by atoms with E-state index in [-0.39, 0.29) is 12.1 Å². The average Bonchev–Trinajstić information content (AvgIpc) is 2.42. The third-order valence-corrected chi connectivity index (χ3v) is 5.61. The van der Waals surface area contributed by atoms with Gasteiger partial charge in [-0.05, 0) is 41.0 Å². The SMILES string of the molecule is CC(C)(C)OC(=O)N1CC2C=CCC(C1)N2C(=O)OC(C)(C)C(Cl)(Cl)Cl. The molecule has 2 amide bonds. The number of alkyl halides is 3. The molecule has 6 nitrogen and oxygen atoms in total. The summed E-state index contributed by atoms with van der Waals surface area (Å²) in [5.41, 5.74) is -1.87. The molecule has 1 saturated heterocycles. The van der Waals surface area contributed by atoms with Crippen molar-refractivity contribution in [3.8, 4) is 0 Å². The van der Waals surface area contributed by atoms with Crippen LogP contribution in [0, 0.1) is 0 Å². The molecule has 2 aliphatic heterocycles. The summed E-state index contributed by atoms with van der Waals surface area (Å²) in [5, 5.41) is 0. The number of amides is 2. The molecule has 0 N–H and O–H groups in total. The Bertz CT molecular complexity index is 596. The second-order valence-electron chi connectivity index (χ2n) is 8.05. The fourth-order valence-electron chi connectivity index (χ4n) is 2.82. The van der Waals surface area contributed by atoms with Crippen LogP contribution >= 0.6 is 34.8 Å². The molecular weight excluding hydrogens is 403 g/mol. The molecule has 0 aromatic carbocycles. The normalized spacial score (nSPS) is 23.7. The van der Waals surface area contributed by atoms with Crippen molar-refractivity contribution in [3.05, 3.63) is 12.2 Å². The highest BCUT2D eigenvalue weighted by atomic mass is 35.6. The Kier molecular flexibility index (Phi) is 6.01. The highest BCUT2D eigenvalue weighted by Crippen LogP contribution is 2.41. The number of rotatable bonds is 1. The summed E-state index contributed by atoms with van der Waals surface area (Å²) >= 11 is 17.7. The lowest BCUT2D eigenvalue weighted by molar-refractivity contribution is -0.0303. The van der Waals surface area contributed by atoms with Gasteiger partial charge in [0.1, 0.15) is 5.60 Å². The van der Waals surface area contributed by atoms with Gasteiger partial charge in [-0.25, -0.2) is 9.59 Å². The summed E-state index contributed by atoms with van der Waals surface area (Å²) in [6.07, 6.45) is 3.54. The van der Waals surface area contributed by atoms with Crippen molar-refractivity contribution in [2.24, 2.45) is 0 Å². The van der Waals surface area contributed by atoms with Crippen molar-refractivity contribution in [1.82, 2.24) is 9.80 Å². The Hall–Kier alpha value is -0.850. The molecule has 1 fully saturated rings. The molecule has 0 aliphatic carbocycles. The van der Waals surface area contributed by atoms with Crippen LogP contribution in [0.2, 0.25) is 0 Å². The molecule has 0 saturated carbocycles. The maximum Gasteiger partial charge on any atom is 0.411 e. The molecule has 2 rings (SSSR count). The smallest absolute Gasteiger partial charge is 0.411 e. The van der Waals surface area contributed by atoms with Gasteiger partial charge in [-0.3, -0.25) is 4.90 Å². The van der Waals surface area contributed by atoms with E-state index in [4.69, 9.17) is 44.3 Å². The summed E-state index contributed by atoms with van der Waals surface area (Å²) in [6.45, 7) is 9.22. The van der Waals surface area contributed by atoms with E-state index < -0.39 is 27.2 Å². The van der Waals surface area contributed by atoms with Gasteiger partial charge >= 0.3 is 12.2 Å². The van der Waals surface area contributed by atoms with Crippen LogP contribution in [-0.4, -0.2) is 62.2 Å². The highest BCUT2D eigenvalue weighted by molar-refractivity contribution is 6.68. The van der Waals surface area contributed by atoms with Crippen LogP contribution in [0.5, 0.6) is 0 Å². The van der Waals surface area contributed by atoms with Crippen LogP contribution in [0.1, 0.15) is 41.0 Å². The molecular formula is C17H25Cl3N2O4. The Morgan fingerprint density at radius 2 is 1.62 bits per heavy atom. The first kappa shape index (κ1) is 21.5. The number of hydrogen-bond donors (Lipinski definition) is 0. The second-order valence-corrected chi connectivity index (χ2v) is 10.3. The lowest BCUT2D eigenvalue weighted by Gasteiger charge is -2.48. The first-order valence-electron chi connectivity index (χ1n) is 8.44. The highest BCUT2D eigenvalue weighted by Gasteiger charge is 2.48. The quantitative estimate of drug-likeness (QED) is 0.456. The van der Waals surface area contributed by atoms with Gasteiger partial charge < -0.3 is 14.4 Å². The number of ether oxygens (including phenoxy) is 2. The zero-order valence-corrected chi connectivity index (χ0v) is 17.9. The van der Waals surface area contributed by atoms with Crippen molar-refractivity contribution in [2.75, 3.05) is 13.1 Å². The van der Waals surface area contributed by atoms with Crippen molar-refractivity contribution >= 4 is 47.0 Å². The molecule has 2 aliphatic rings. The molecule has 0 aromatic rings. The first-order valence-corrected chi connectivity index (χ1v) is 9.57. The van der Waals surface area contributed by atoms with Crippen molar-refractivity contribution in [3.63, 3.8) is 0 Å². The summed E-state index contributed by atoms with van der Waals surface area (Å²) in [6, 6.07) is -0.529. The topological polar surface area (TPSA) is 59.1 Å². The fraction of sp³-hybridized carbons (Fsp3) is 0.765. The predicted molar refractivity (Wildman–Crippen MR) is 102 cm³/mol. The van der Waals surface area contributed by atoms with Gasteiger partial charge in [0.05, 0.1) is 12.1 Å². The summed E-state index contributed by atoms with van der Waals surface area (Å²) in [4.78, 5) is 28.3. The van der Waals surface area contributed by atoms with Crippen molar-refractivity contribution in [2.45, 2.75) is 68.1 Å². The zero-order chi connectivity index (χ0) is 19.9. The standard InChI is InChI=1S/C17H25Cl3N2O4/c1-15(2,3)25-13(23)21-9-11-7-6-8-12(10-21)22(11)14(24)26-16(4,5)17(18,19)20/h6-7,11-12H,8-10H2,1-5H3. The van der Waals surface area contributed by atoms with Gasteiger partial charge in [-0.2, -0.15) is 0 Å². The van der Waals surface area contributed by atoms with Gasteiger partial charge in [0.25, 0.3) is 0 Å². The Balaban J connectivity index is 2.11. The van der Waals surface area contributed by atoms with E-state index in [2.05, 4.69) is 0 Å². The molecule has 0 aromatic heterocycles. The lowest BCUT2D eigenvalue weighted by atomic mass is 9.98. The summed E-state index contributed by atoms with van der Waals surface area (Å²) in [5.74, 6) is 0. The number of carbonyl (C=O) groups is 2. The Morgan fingerprint density at radius 3 is 2.12 bits per heavy atom. The monoisotopic (exact) mass is 426 g/mol. The second kappa shape index (κ2) is 7.28. The maximum atomic E-state index is 12.7. The van der Waals surface area contributed by atoms with Gasteiger partial charge in [0, 0.05) is 13.1 Å². The van der Waals surface area contributed by atoms with Gasteiger partial charge in [-0.1, -0.05) is 47.0 Å². The number of nitrogens with zero attached hydrogens (tertiary/aromatic N) is 2. The lowest BCUT2D eigenvalue weighted by Crippen LogP contribution is -2.63. The van der Waals surface area contributed by atoms with E-state index in [1.165, 1.54) is 0 Å². The van der Waals surface area contributed by atoms with E-state index in [1.807, 2.05) is 32.9 Å². The van der Waals surface area contributed by atoms with Gasteiger partial charge in [0.15, 0.2) is 5.60 Å². The molecule has 2 unspecified atom stereocenters. The Morgan fingerprint density at radius 1 is 1.00 bits per heavy atom. The predicted octanol–water partition coefficient (Wildman–Crippen LogP) is 4.52. The number of carbonyl (C=O) groups excluding carboxylic acids is 2. The van der Waals surface area contributed by atoms with Gasteiger partial charge in [-0.15, -0.1) is 0 Å². The van der Waals surface area contributed by atoms with E-state index in [1.54, 1.807) is 23.6 Å². The van der Waals surface area contributed by atoms with Crippen LogP contribution in [0.15, 0.2) is 12.2 Å². The van der Waals surface area contributed by atoms with Crippen LogP contribution in [0.3, 0.4) is 0 Å². The first-order chi connectivity index (χ1) is 11.7. The summed E-state index contributed by atoms with van der Waals surface area (Å²) < 4.78 is 9.16. The van der Waals surface area contributed by atoms with Crippen molar-refractivity contribution < 1.29 is 19.1 Å². The molecule has 148 valence electrons. The molecule has 0 spiro atoms. The average molecular weight is 428 g/mol. The number of piperazine rings is 1. The molecule has 2 heterocycles.